The lowest BCUT2D eigenvalue weighted by Crippen LogP contribution is -2.30. The largest absolute Gasteiger partial charge is 0.452 e. The minimum absolute atomic E-state index is 0.0247. The fourth-order valence-electron chi connectivity index (χ4n) is 2.34. The molecule has 2 aromatic rings. The van der Waals surface area contributed by atoms with E-state index in [1.165, 1.54) is 6.07 Å². The summed E-state index contributed by atoms with van der Waals surface area (Å²) in [6, 6.07) is 11.3. The van der Waals surface area contributed by atoms with Gasteiger partial charge in [0.05, 0.1) is 16.2 Å². The Morgan fingerprint density at radius 1 is 1.23 bits per heavy atom. The van der Waals surface area contributed by atoms with Crippen molar-refractivity contribution in [1.82, 2.24) is 5.32 Å². The molecular weight excluding hydrogens is 338 g/mol. The number of non-ortho nitro benzene ring substituents is 1. The van der Waals surface area contributed by atoms with Gasteiger partial charge in [0.1, 0.15) is 0 Å². The molecule has 8 nitrogen and oxygen atoms in total. The first-order valence-corrected chi connectivity index (χ1v) is 7.90. The Bertz CT molecular complexity index is 835. The zero-order valence-corrected chi connectivity index (χ0v) is 14.2. The van der Waals surface area contributed by atoms with E-state index in [0.29, 0.717) is 13.0 Å². The number of carbonyl (C=O) groups is 2. The van der Waals surface area contributed by atoms with Crippen LogP contribution >= 0.6 is 0 Å². The Balaban J connectivity index is 1.81. The number of nitrogens with two attached hydrogens (primary N) is 1. The molecule has 8 heteroatoms. The van der Waals surface area contributed by atoms with E-state index in [1.807, 2.05) is 31.2 Å². The van der Waals surface area contributed by atoms with Gasteiger partial charge in [-0.1, -0.05) is 24.3 Å². The van der Waals surface area contributed by atoms with Crippen LogP contribution in [0, 0.1) is 17.0 Å². The van der Waals surface area contributed by atoms with Crippen molar-refractivity contribution in [2.24, 2.45) is 0 Å². The molecule has 0 heterocycles. The molecule has 136 valence electrons. The number of nitro benzene ring substituents is 1. The van der Waals surface area contributed by atoms with Gasteiger partial charge in [-0.25, -0.2) is 4.79 Å². The summed E-state index contributed by atoms with van der Waals surface area (Å²) in [5.74, 6) is -1.25. The maximum atomic E-state index is 11.9. The number of nitrogens with one attached hydrogen (secondary N) is 1. The van der Waals surface area contributed by atoms with E-state index in [4.69, 9.17) is 10.5 Å². The Morgan fingerprint density at radius 3 is 2.62 bits per heavy atom. The Kier molecular flexibility index (Phi) is 6.26. The predicted octanol–water partition coefficient (Wildman–Crippen LogP) is 2.00. The zero-order valence-electron chi connectivity index (χ0n) is 14.2. The average Bonchev–Trinajstić information content (AvgIpc) is 2.61. The second-order valence-electron chi connectivity index (χ2n) is 5.63. The third kappa shape index (κ3) is 5.04. The first kappa shape index (κ1) is 18.9. The molecule has 3 N–H and O–H groups in total. The summed E-state index contributed by atoms with van der Waals surface area (Å²) in [5.41, 5.74) is 7.56. The van der Waals surface area contributed by atoms with Gasteiger partial charge in [-0.15, -0.1) is 0 Å². The molecule has 26 heavy (non-hydrogen) atoms. The number of hydrogen-bond acceptors (Lipinski definition) is 6. The Hall–Kier alpha value is -3.42. The van der Waals surface area contributed by atoms with E-state index in [0.717, 1.165) is 23.3 Å². The number of nitro groups is 1. The number of anilines is 1. The van der Waals surface area contributed by atoms with Gasteiger partial charge >= 0.3 is 5.97 Å². The van der Waals surface area contributed by atoms with E-state index in [-0.39, 0.29) is 16.9 Å². The lowest BCUT2D eigenvalue weighted by Gasteiger charge is -2.09. The van der Waals surface area contributed by atoms with Crippen molar-refractivity contribution in [1.29, 1.82) is 0 Å². The molecule has 0 aliphatic carbocycles. The molecule has 0 spiro atoms. The highest BCUT2D eigenvalue weighted by molar-refractivity contribution is 5.96. The molecule has 1 amide bonds. The van der Waals surface area contributed by atoms with Crippen LogP contribution in [0.1, 0.15) is 21.5 Å². The van der Waals surface area contributed by atoms with Crippen molar-refractivity contribution < 1.29 is 19.2 Å². The molecule has 0 aliphatic heterocycles. The number of amides is 1. The Labute approximate surface area is 150 Å². The summed E-state index contributed by atoms with van der Waals surface area (Å²) < 4.78 is 4.90. The van der Waals surface area contributed by atoms with Crippen LogP contribution in [-0.4, -0.2) is 30.0 Å². The third-order valence-electron chi connectivity index (χ3n) is 3.78. The molecule has 0 aliphatic rings. The van der Waals surface area contributed by atoms with Crippen molar-refractivity contribution in [2.45, 2.75) is 13.3 Å². The number of nitrogens with zero attached hydrogens (tertiary/aromatic N) is 1. The number of ether oxygens (including phenoxy) is 1. The topological polar surface area (TPSA) is 125 Å². The molecule has 0 aromatic heterocycles. The summed E-state index contributed by atoms with van der Waals surface area (Å²) in [4.78, 5) is 33.7. The Morgan fingerprint density at radius 2 is 1.96 bits per heavy atom. The molecule has 0 radical (unpaired) electrons. The molecule has 0 saturated carbocycles. The molecule has 0 atom stereocenters. The maximum absolute atomic E-state index is 11.9. The van der Waals surface area contributed by atoms with Crippen molar-refractivity contribution in [3.63, 3.8) is 0 Å². The number of benzene rings is 2. The van der Waals surface area contributed by atoms with Gasteiger partial charge in [-0.05, 0) is 30.5 Å². The summed E-state index contributed by atoms with van der Waals surface area (Å²) in [6.45, 7) is 1.96. The van der Waals surface area contributed by atoms with E-state index in [2.05, 4.69) is 5.32 Å². The van der Waals surface area contributed by atoms with Crippen molar-refractivity contribution in [3.05, 3.63) is 69.3 Å². The highest BCUT2D eigenvalue weighted by Gasteiger charge is 2.16. The molecule has 0 unspecified atom stereocenters. The summed E-state index contributed by atoms with van der Waals surface area (Å²) in [5, 5.41) is 13.3. The highest BCUT2D eigenvalue weighted by Crippen LogP contribution is 2.20. The van der Waals surface area contributed by atoms with E-state index >= 15 is 0 Å². The van der Waals surface area contributed by atoms with E-state index in [9.17, 15) is 19.7 Å². The van der Waals surface area contributed by atoms with Crippen LogP contribution in [-0.2, 0) is 16.0 Å². The summed E-state index contributed by atoms with van der Waals surface area (Å²) >= 11 is 0. The molecular formula is C18H19N3O5. The number of carbonyl (C=O) groups excluding carboxylic acids is 2. The number of hydrogen-bond donors (Lipinski definition) is 2. The van der Waals surface area contributed by atoms with Gasteiger partial charge in [0.15, 0.2) is 6.61 Å². The third-order valence-corrected chi connectivity index (χ3v) is 3.78. The molecule has 0 bridgehead atoms. The fraction of sp³-hybridized carbons (Fsp3) is 0.222. The second kappa shape index (κ2) is 8.61. The quantitative estimate of drug-likeness (QED) is 0.338. The molecule has 0 fully saturated rings. The number of aryl methyl sites for hydroxylation is 1. The fourth-order valence-corrected chi connectivity index (χ4v) is 2.34. The van der Waals surface area contributed by atoms with Crippen LogP contribution in [0.2, 0.25) is 0 Å². The van der Waals surface area contributed by atoms with Crippen LogP contribution in [0.4, 0.5) is 11.4 Å². The first-order valence-electron chi connectivity index (χ1n) is 7.90. The standard InChI is InChI=1S/C18H19N3O5/c1-12-4-2-3-5-13(12)8-9-20-17(22)11-26-18(23)15-7-6-14(21(24)25)10-16(15)19/h2-7,10H,8-9,11,19H2,1H3,(H,20,22). The van der Waals surface area contributed by atoms with Gasteiger partial charge in [-0.3, -0.25) is 14.9 Å². The van der Waals surface area contributed by atoms with Crippen LogP contribution in [0.15, 0.2) is 42.5 Å². The smallest absolute Gasteiger partial charge is 0.340 e. The molecule has 2 rings (SSSR count). The van der Waals surface area contributed by atoms with Gasteiger partial charge in [0, 0.05) is 18.7 Å². The normalized spacial score (nSPS) is 10.2. The van der Waals surface area contributed by atoms with E-state index < -0.39 is 23.4 Å². The monoisotopic (exact) mass is 357 g/mol. The second-order valence-corrected chi connectivity index (χ2v) is 5.63. The minimum Gasteiger partial charge on any atom is -0.452 e. The SMILES string of the molecule is Cc1ccccc1CCNC(=O)COC(=O)c1ccc([N+](=O)[O-])cc1N. The number of nitrogen functional groups attached to an aromatic ring is 1. The summed E-state index contributed by atoms with van der Waals surface area (Å²) in [6.07, 6.45) is 0.668. The lowest BCUT2D eigenvalue weighted by atomic mass is 10.1. The maximum Gasteiger partial charge on any atom is 0.340 e. The van der Waals surface area contributed by atoms with Crippen molar-refractivity contribution in [3.8, 4) is 0 Å². The predicted molar refractivity (Wildman–Crippen MR) is 95.7 cm³/mol. The van der Waals surface area contributed by atoms with E-state index in [1.54, 1.807) is 0 Å². The molecule has 0 saturated heterocycles. The van der Waals surface area contributed by atoms with Crippen molar-refractivity contribution in [2.75, 3.05) is 18.9 Å². The average molecular weight is 357 g/mol. The van der Waals surface area contributed by atoms with Gasteiger partial charge in [0.2, 0.25) is 0 Å². The van der Waals surface area contributed by atoms with Crippen LogP contribution in [0.25, 0.3) is 0 Å². The van der Waals surface area contributed by atoms with Gasteiger partial charge in [0.25, 0.3) is 11.6 Å². The van der Waals surface area contributed by atoms with Crippen LogP contribution in [0.5, 0.6) is 0 Å². The van der Waals surface area contributed by atoms with Gasteiger partial charge < -0.3 is 15.8 Å². The van der Waals surface area contributed by atoms with Crippen LogP contribution < -0.4 is 11.1 Å². The van der Waals surface area contributed by atoms with Gasteiger partial charge in [-0.2, -0.15) is 0 Å². The number of rotatable bonds is 7. The minimum atomic E-state index is -0.813. The van der Waals surface area contributed by atoms with Crippen LogP contribution in [0.3, 0.4) is 0 Å². The first-order chi connectivity index (χ1) is 12.4. The zero-order chi connectivity index (χ0) is 19.1. The number of esters is 1. The summed E-state index contributed by atoms with van der Waals surface area (Å²) in [7, 11) is 0. The molecule has 2 aromatic carbocycles. The highest BCUT2D eigenvalue weighted by atomic mass is 16.6. The lowest BCUT2D eigenvalue weighted by molar-refractivity contribution is -0.384. The van der Waals surface area contributed by atoms with Crippen molar-refractivity contribution >= 4 is 23.3 Å².